The molecular weight excluding hydrogens is 282 g/mol. The van der Waals surface area contributed by atoms with Crippen LogP contribution < -0.4 is 5.32 Å². The highest BCUT2D eigenvalue weighted by Gasteiger charge is 2.32. The molecule has 3 rings (SSSR count). The Hall–Kier alpha value is -1.78. The maximum atomic E-state index is 12.2. The zero-order valence-electron chi connectivity index (χ0n) is 12.0. The van der Waals surface area contributed by atoms with Gasteiger partial charge in [-0.15, -0.1) is 11.8 Å². The maximum absolute atomic E-state index is 12.2. The zero-order valence-corrected chi connectivity index (χ0v) is 12.8. The molecule has 1 heterocycles. The van der Waals surface area contributed by atoms with Gasteiger partial charge in [0.2, 0.25) is 0 Å². The number of aryl methyl sites for hydroxylation is 2. The van der Waals surface area contributed by atoms with Crippen LogP contribution in [0.2, 0.25) is 0 Å². The largest absolute Gasteiger partial charge is 0.382 e. The van der Waals surface area contributed by atoms with Crippen molar-refractivity contribution in [1.82, 2.24) is 0 Å². The van der Waals surface area contributed by atoms with Gasteiger partial charge in [0.25, 0.3) is 5.91 Å². The average molecular weight is 299 g/mol. The number of hydrogen-bond donors (Lipinski definition) is 2. The summed E-state index contributed by atoms with van der Waals surface area (Å²) >= 11 is 1.52. The number of aliphatic hydroxyl groups excluding tert-OH is 1. The molecule has 4 heteroatoms. The van der Waals surface area contributed by atoms with E-state index in [9.17, 15) is 9.90 Å². The van der Waals surface area contributed by atoms with E-state index in [1.807, 2.05) is 56.3 Å². The SMILES string of the molecule is Cc1ccc([C@@H]2Sc3ccc(C)cc3NC(=O)[C@@H]2O)cc1. The summed E-state index contributed by atoms with van der Waals surface area (Å²) < 4.78 is 0. The number of benzene rings is 2. The molecule has 21 heavy (non-hydrogen) atoms. The van der Waals surface area contributed by atoms with Gasteiger partial charge < -0.3 is 10.4 Å². The maximum Gasteiger partial charge on any atom is 0.254 e. The van der Waals surface area contributed by atoms with Gasteiger partial charge in [0.15, 0.2) is 0 Å². The molecular formula is C17H17NO2S. The second-order valence-electron chi connectivity index (χ2n) is 5.38. The van der Waals surface area contributed by atoms with E-state index in [0.717, 1.165) is 27.3 Å². The van der Waals surface area contributed by atoms with Gasteiger partial charge in [0, 0.05) is 4.90 Å². The lowest BCUT2D eigenvalue weighted by atomic mass is 10.1. The standard InChI is InChI=1S/C17H17NO2S/c1-10-3-6-12(7-4-10)16-15(19)17(20)18-13-9-11(2)5-8-14(13)21-16/h3-9,15-16,19H,1-2H3,(H,18,20)/t15-,16+/m1/s1. The predicted octanol–water partition coefficient (Wildman–Crippen LogP) is 3.45. The van der Waals surface area contributed by atoms with Gasteiger partial charge in [-0.3, -0.25) is 4.79 Å². The number of rotatable bonds is 1. The number of amides is 1. The van der Waals surface area contributed by atoms with Crippen LogP contribution in [0.4, 0.5) is 5.69 Å². The second kappa shape index (κ2) is 5.54. The summed E-state index contributed by atoms with van der Waals surface area (Å²) in [6.45, 7) is 4.00. The number of carbonyl (C=O) groups is 1. The van der Waals surface area contributed by atoms with Crippen LogP contribution in [0.15, 0.2) is 47.4 Å². The van der Waals surface area contributed by atoms with Crippen LogP contribution in [0, 0.1) is 13.8 Å². The molecule has 2 aromatic carbocycles. The van der Waals surface area contributed by atoms with Gasteiger partial charge >= 0.3 is 0 Å². The van der Waals surface area contributed by atoms with Crippen molar-refractivity contribution in [2.75, 3.05) is 5.32 Å². The smallest absolute Gasteiger partial charge is 0.254 e. The minimum Gasteiger partial charge on any atom is -0.382 e. The normalized spacial score (nSPS) is 21.4. The van der Waals surface area contributed by atoms with Crippen molar-refractivity contribution >= 4 is 23.4 Å². The third-order valence-corrected chi connectivity index (χ3v) is 5.00. The first kappa shape index (κ1) is 14.2. The summed E-state index contributed by atoms with van der Waals surface area (Å²) in [7, 11) is 0. The van der Waals surface area contributed by atoms with Crippen LogP contribution in [0.1, 0.15) is 21.9 Å². The molecule has 0 fully saturated rings. The summed E-state index contributed by atoms with van der Waals surface area (Å²) in [5, 5.41) is 12.9. The molecule has 0 radical (unpaired) electrons. The van der Waals surface area contributed by atoms with E-state index >= 15 is 0 Å². The Kier molecular flexibility index (Phi) is 3.74. The van der Waals surface area contributed by atoms with Gasteiger partial charge in [-0.05, 0) is 37.1 Å². The Morgan fingerprint density at radius 3 is 2.43 bits per heavy atom. The monoisotopic (exact) mass is 299 g/mol. The summed E-state index contributed by atoms with van der Waals surface area (Å²) in [6.07, 6.45) is -1.06. The topological polar surface area (TPSA) is 49.3 Å². The summed E-state index contributed by atoms with van der Waals surface area (Å²) in [5.41, 5.74) is 3.98. The highest BCUT2D eigenvalue weighted by atomic mass is 32.2. The van der Waals surface area contributed by atoms with Crippen molar-refractivity contribution in [2.24, 2.45) is 0 Å². The Morgan fingerprint density at radius 1 is 1.05 bits per heavy atom. The van der Waals surface area contributed by atoms with Gasteiger partial charge in [-0.1, -0.05) is 35.9 Å². The fraction of sp³-hybridized carbons (Fsp3) is 0.235. The summed E-state index contributed by atoms with van der Waals surface area (Å²) in [5.74, 6) is -0.350. The van der Waals surface area contributed by atoms with Crippen molar-refractivity contribution < 1.29 is 9.90 Å². The van der Waals surface area contributed by atoms with E-state index in [1.165, 1.54) is 11.8 Å². The molecule has 0 aliphatic carbocycles. The Morgan fingerprint density at radius 2 is 1.71 bits per heavy atom. The fourth-order valence-corrected chi connectivity index (χ4v) is 3.60. The van der Waals surface area contributed by atoms with E-state index in [0.29, 0.717) is 0 Å². The molecule has 2 aromatic rings. The molecule has 2 N–H and O–H groups in total. The fourth-order valence-electron chi connectivity index (χ4n) is 2.40. The Bertz CT molecular complexity index is 682. The van der Waals surface area contributed by atoms with Crippen molar-refractivity contribution in [3.05, 3.63) is 59.2 Å². The quantitative estimate of drug-likeness (QED) is 0.848. The van der Waals surface area contributed by atoms with E-state index in [4.69, 9.17) is 0 Å². The molecule has 1 aliphatic rings. The number of carbonyl (C=O) groups excluding carboxylic acids is 1. The third kappa shape index (κ3) is 2.82. The number of nitrogens with one attached hydrogen (secondary N) is 1. The molecule has 0 bridgehead atoms. The van der Waals surface area contributed by atoms with E-state index < -0.39 is 6.10 Å². The van der Waals surface area contributed by atoms with Gasteiger partial charge in [-0.2, -0.15) is 0 Å². The molecule has 0 saturated carbocycles. The molecule has 1 aliphatic heterocycles. The van der Waals surface area contributed by atoms with Gasteiger partial charge in [0.1, 0.15) is 6.10 Å². The van der Waals surface area contributed by atoms with Crippen LogP contribution >= 0.6 is 11.8 Å². The number of hydrogen-bond acceptors (Lipinski definition) is 3. The molecule has 3 nitrogen and oxygen atoms in total. The molecule has 0 unspecified atom stereocenters. The van der Waals surface area contributed by atoms with E-state index in [1.54, 1.807) is 0 Å². The van der Waals surface area contributed by atoms with Crippen LogP contribution in [0.3, 0.4) is 0 Å². The van der Waals surface area contributed by atoms with Crippen molar-refractivity contribution in [1.29, 1.82) is 0 Å². The summed E-state index contributed by atoms with van der Waals surface area (Å²) in [4.78, 5) is 13.1. The molecule has 108 valence electrons. The average Bonchev–Trinajstić information content (AvgIpc) is 2.58. The number of aliphatic hydroxyl groups is 1. The van der Waals surface area contributed by atoms with Crippen LogP contribution in [-0.2, 0) is 4.79 Å². The van der Waals surface area contributed by atoms with E-state index in [2.05, 4.69) is 5.32 Å². The third-order valence-electron chi connectivity index (χ3n) is 3.61. The first-order valence-corrected chi connectivity index (χ1v) is 7.75. The minimum atomic E-state index is -1.06. The summed E-state index contributed by atoms with van der Waals surface area (Å²) in [6, 6.07) is 13.9. The van der Waals surface area contributed by atoms with E-state index in [-0.39, 0.29) is 11.2 Å². The van der Waals surface area contributed by atoms with Gasteiger partial charge in [0.05, 0.1) is 10.9 Å². The van der Waals surface area contributed by atoms with Crippen LogP contribution in [0.5, 0.6) is 0 Å². The molecule has 0 spiro atoms. The second-order valence-corrected chi connectivity index (χ2v) is 6.57. The van der Waals surface area contributed by atoms with Crippen LogP contribution in [0.25, 0.3) is 0 Å². The lowest BCUT2D eigenvalue weighted by Crippen LogP contribution is -2.30. The first-order chi connectivity index (χ1) is 10.0. The number of thioether (sulfide) groups is 1. The van der Waals surface area contributed by atoms with Crippen LogP contribution in [-0.4, -0.2) is 17.1 Å². The minimum absolute atomic E-state index is 0.297. The Balaban J connectivity index is 2.02. The number of anilines is 1. The first-order valence-electron chi connectivity index (χ1n) is 6.87. The zero-order chi connectivity index (χ0) is 15.0. The van der Waals surface area contributed by atoms with Crippen molar-refractivity contribution in [3.8, 4) is 0 Å². The highest BCUT2D eigenvalue weighted by Crippen LogP contribution is 2.43. The predicted molar refractivity (Wildman–Crippen MR) is 85.6 cm³/mol. The highest BCUT2D eigenvalue weighted by molar-refractivity contribution is 7.99. The molecule has 1 amide bonds. The molecule has 0 aromatic heterocycles. The van der Waals surface area contributed by atoms with Crippen molar-refractivity contribution in [2.45, 2.75) is 30.1 Å². The Labute approximate surface area is 128 Å². The lowest BCUT2D eigenvalue weighted by Gasteiger charge is -2.19. The molecule has 0 saturated heterocycles. The lowest BCUT2D eigenvalue weighted by molar-refractivity contribution is -0.124. The molecule has 2 atom stereocenters. The van der Waals surface area contributed by atoms with Crippen molar-refractivity contribution in [3.63, 3.8) is 0 Å². The number of fused-ring (bicyclic) bond motifs is 1. The van der Waals surface area contributed by atoms with Gasteiger partial charge in [-0.25, -0.2) is 0 Å².